The highest BCUT2D eigenvalue weighted by Crippen LogP contribution is 2.82. The summed E-state index contributed by atoms with van der Waals surface area (Å²) in [6.07, 6.45) is 4.19. The molecule has 11 nitrogen and oxygen atoms in total. The average Bonchev–Trinajstić information content (AvgIpc) is 3.07. The maximum Gasteiger partial charge on any atom is 0.335 e. The minimum Gasteiger partial charge on any atom is -0.481 e. The van der Waals surface area contributed by atoms with Gasteiger partial charge in [-0.05, 0) is 109 Å². The third-order valence-electron chi connectivity index (χ3n) is 18.2. The number of carbonyl (C=O) groups is 2. The number of hydrogen-bond acceptors (Lipinski definition) is 9. The molecule has 2 bridgehead atoms. The zero-order chi connectivity index (χ0) is 38.5. The molecule has 1 spiro atoms. The van der Waals surface area contributed by atoms with Gasteiger partial charge in [0.1, 0.15) is 18.3 Å². The maximum atomic E-state index is 13.9. The van der Waals surface area contributed by atoms with Crippen LogP contribution in [0.1, 0.15) is 99.3 Å². The topological polar surface area (TPSA) is 183 Å². The van der Waals surface area contributed by atoms with E-state index in [4.69, 9.17) is 14.2 Å². The second-order valence-electron chi connectivity index (χ2n) is 20.3. The Balaban J connectivity index is 1.20. The van der Waals surface area contributed by atoms with Crippen LogP contribution >= 0.6 is 0 Å². The van der Waals surface area contributed by atoms with Crippen molar-refractivity contribution >= 4 is 11.9 Å². The van der Waals surface area contributed by atoms with Crippen LogP contribution in [0.25, 0.3) is 0 Å². The lowest BCUT2D eigenvalue weighted by molar-refractivity contribution is -0.333. The molecule has 0 unspecified atom stereocenters. The summed E-state index contributed by atoms with van der Waals surface area (Å²) in [7, 11) is 1.66. The number of aliphatic hydroxyl groups excluding tert-OH is 4. The molecule has 1 heterocycles. The smallest absolute Gasteiger partial charge is 0.335 e. The number of carboxylic acids is 2. The molecule has 8 rings (SSSR count). The van der Waals surface area contributed by atoms with Crippen molar-refractivity contribution in [2.75, 3.05) is 13.7 Å². The number of ether oxygens (including phenoxy) is 3. The van der Waals surface area contributed by atoms with Gasteiger partial charge in [0, 0.05) is 13.0 Å². The van der Waals surface area contributed by atoms with Crippen molar-refractivity contribution in [2.24, 2.45) is 67.5 Å². The SMILES string of the molecule is COC[C@@H]1C[C@]2(C)CC=C[C@@]3(C4=C[C@@H]5CC[C@H]6C[C@H](O[C@@H]7O[C@H](C(=O)O)[C@@H](O)[C@H](O)[C@H]7O)C(C)(C)[C@@H]7CC[C@](C)([C@H]5[C@@]67C)[C@]4(C)CC[C@@]13C(=O)O)[C@@H]2O. The molecular formula is C42H62O11. The molecule has 8 aliphatic rings. The summed E-state index contributed by atoms with van der Waals surface area (Å²) in [6, 6.07) is 0. The molecule has 7 aliphatic carbocycles. The normalized spacial score (nSPS) is 56.2. The third-order valence-corrected chi connectivity index (χ3v) is 18.2. The molecule has 18 atom stereocenters. The highest BCUT2D eigenvalue weighted by atomic mass is 16.7. The summed E-state index contributed by atoms with van der Waals surface area (Å²) < 4.78 is 17.9. The van der Waals surface area contributed by atoms with E-state index in [0.717, 1.165) is 37.7 Å². The van der Waals surface area contributed by atoms with Crippen molar-refractivity contribution in [1.82, 2.24) is 0 Å². The lowest BCUT2D eigenvalue weighted by Gasteiger charge is -2.77. The number of fused-ring (bicyclic) bond motifs is 3. The van der Waals surface area contributed by atoms with Gasteiger partial charge in [-0.25, -0.2) is 4.79 Å². The first kappa shape index (κ1) is 38.0. The van der Waals surface area contributed by atoms with Gasteiger partial charge in [0.15, 0.2) is 12.4 Å². The van der Waals surface area contributed by atoms with E-state index in [0.29, 0.717) is 38.2 Å². The standard InChI is InChI=1S/C42H62O11/c1-36(2)24-11-14-39(5)31-21(9-10-22(40(24,31)6)18-26(36)52-33-29(45)27(43)28(44)30(53-33)32(46)47)17-25-38(39,4)15-16-41(35(49)50)23(20-51-7)19-37(3)12-8-13-42(25,41)34(37)48/h8,13,17,21-24,26-31,33-34,43-45,48H,9-12,14-16,18-20H2,1-7H3,(H,46,47)(H,49,50)/t21-,22-,23-,24-,26-,27-,28-,29+,30-,31-,33+,34+,37-,38+,39+,40-,41-,42+/m0/s1. The molecule has 0 aromatic rings. The molecule has 6 fully saturated rings. The Kier molecular flexibility index (Phi) is 8.49. The molecule has 1 aliphatic heterocycles. The highest BCUT2D eigenvalue weighted by Gasteiger charge is 2.79. The van der Waals surface area contributed by atoms with E-state index in [2.05, 4.69) is 59.8 Å². The summed E-state index contributed by atoms with van der Waals surface area (Å²) in [5.41, 5.74) is -2.59. The van der Waals surface area contributed by atoms with E-state index >= 15 is 0 Å². The average molecular weight is 743 g/mol. The van der Waals surface area contributed by atoms with Crippen molar-refractivity contribution in [3.05, 3.63) is 23.8 Å². The van der Waals surface area contributed by atoms with E-state index in [1.807, 2.05) is 0 Å². The first-order chi connectivity index (χ1) is 24.7. The molecule has 53 heavy (non-hydrogen) atoms. The Morgan fingerprint density at radius 3 is 2.30 bits per heavy atom. The van der Waals surface area contributed by atoms with Gasteiger partial charge in [0.2, 0.25) is 0 Å². The van der Waals surface area contributed by atoms with Crippen molar-refractivity contribution in [3.8, 4) is 0 Å². The minimum atomic E-state index is -1.78. The van der Waals surface area contributed by atoms with Crippen molar-refractivity contribution in [3.63, 3.8) is 0 Å². The summed E-state index contributed by atoms with van der Waals surface area (Å²) in [6.45, 7) is 14.2. The molecule has 1 saturated heterocycles. The Labute approximate surface area is 313 Å². The highest BCUT2D eigenvalue weighted by molar-refractivity contribution is 5.80. The van der Waals surface area contributed by atoms with E-state index in [9.17, 15) is 40.2 Å². The number of rotatable bonds is 6. The van der Waals surface area contributed by atoms with Crippen molar-refractivity contribution in [1.29, 1.82) is 0 Å². The predicted octanol–water partition coefficient (Wildman–Crippen LogP) is 4.55. The second-order valence-corrected chi connectivity index (χ2v) is 20.3. The largest absolute Gasteiger partial charge is 0.481 e. The van der Waals surface area contributed by atoms with Gasteiger partial charge in [0.25, 0.3) is 0 Å². The lowest BCUT2D eigenvalue weighted by atomic mass is 9.26. The molecule has 0 amide bonds. The van der Waals surface area contributed by atoms with Crippen LogP contribution in [0.2, 0.25) is 0 Å². The molecule has 0 aromatic carbocycles. The number of carboxylic acid groups (broad SMARTS) is 2. The summed E-state index contributed by atoms with van der Waals surface area (Å²) in [5, 5.41) is 65.5. The molecule has 0 radical (unpaired) electrons. The molecule has 296 valence electrons. The number of aliphatic hydroxyl groups is 4. The molecular weight excluding hydrogens is 680 g/mol. The van der Waals surface area contributed by atoms with Gasteiger partial charge in [-0.15, -0.1) is 0 Å². The van der Waals surface area contributed by atoms with Crippen molar-refractivity contribution < 1.29 is 54.4 Å². The summed E-state index contributed by atoms with van der Waals surface area (Å²) >= 11 is 0. The molecule has 6 N–H and O–H groups in total. The van der Waals surface area contributed by atoms with Gasteiger partial charge >= 0.3 is 11.9 Å². The third kappa shape index (κ3) is 4.42. The fraction of sp³-hybridized carbons (Fsp3) is 0.857. The van der Waals surface area contributed by atoms with E-state index in [1.54, 1.807) is 7.11 Å². The predicted molar refractivity (Wildman–Crippen MR) is 192 cm³/mol. The number of hydrogen-bond donors (Lipinski definition) is 6. The minimum absolute atomic E-state index is 0.102. The van der Waals surface area contributed by atoms with Gasteiger partial charge in [-0.3, -0.25) is 4.79 Å². The molecule has 11 heteroatoms. The zero-order valence-corrected chi connectivity index (χ0v) is 32.5. The monoisotopic (exact) mass is 742 g/mol. The summed E-state index contributed by atoms with van der Waals surface area (Å²) in [5.74, 6) is -1.51. The van der Waals surface area contributed by atoms with Gasteiger partial charge in [-0.2, -0.15) is 0 Å². The van der Waals surface area contributed by atoms with Crippen LogP contribution in [0.4, 0.5) is 0 Å². The van der Waals surface area contributed by atoms with Crippen molar-refractivity contribution in [2.45, 2.75) is 142 Å². The first-order valence-corrected chi connectivity index (χ1v) is 20.1. The quantitative estimate of drug-likeness (QED) is 0.166. The Morgan fingerprint density at radius 2 is 1.64 bits per heavy atom. The van der Waals surface area contributed by atoms with Crippen LogP contribution in [-0.4, -0.2) is 99.2 Å². The fourth-order valence-electron chi connectivity index (χ4n) is 15.7. The Hall–Kier alpha value is -1.86. The van der Waals surface area contributed by atoms with Crippen LogP contribution in [0.5, 0.6) is 0 Å². The van der Waals surface area contributed by atoms with Crippen LogP contribution in [0.3, 0.4) is 0 Å². The van der Waals surface area contributed by atoms with Crippen LogP contribution in [0, 0.1) is 67.5 Å². The van der Waals surface area contributed by atoms with Crippen LogP contribution in [-0.2, 0) is 23.8 Å². The number of methoxy groups -OCH3 is 1. The zero-order valence-electron chi connectivity index (χ0n) is 32.5. The van der Waals surface area contributed by atoms with E-state index < -0.39 is 76.5 Å². The fourth-order valence-corrected chi connectivity index (χ4v) is 15.7. The van der Waals surface area contributed by atoms with Gasteiger partial charge in [-0.1, -0.05) is 65.3 Å². The van der Waals surface area contributed by atoms with Gasteiger partial charge < -0.3 is 44.8 Å². The number of allylic oxidation sites excluding steroid dienone is 2. The lowest BCUT2D eigenvalue weighted by Crippen LogP contribution is -2.75. The maximum absolute atomic E-state index is 13.9. The summed E-state index contributed by atoms with van der Waals surface area (Å²) in [4.78, 5) is 25.8. The van der Waals surface area contributed by atoms with E-state index in [1.165, 1.54) is 0 Å². The Morgan fingerprint density at radius 1 is 0.925 bits per heavy atom. The Bertz CT molecular complexity index is 1610. The molecule has 0 aromatic heterocycles. The van der Waals surface area contributed by atoms with Crippen LogP contribution in [0.15, 0.2) is 23.8 Å². The number of aliphatic carboxylic acids is 2. The van der Waals surface area contributed by atoms with Gasteiger partial charge in [0.05, 0.1) is 29.6 Å². The second kappa shape index (κ2) is 11.8. The van der Waals surface area contributed by atoms with Crippen LogP contribution < -0.4 is 0 Å². The first-order valence-electron chi connectivity index (χ1n) is 20.1. The molecule has 5 saturated carbocycles. The van der Waals surface area contributed by atoms with E-state index in [-0.39, 0.29) is 39.9 Å².